The summed E-state index contributed by atoms with van der Waals surface area (Å²) in [6, 6.07) is 36.8. The molecule has 0 unspecified atom stereocenters. The van der Waals surface area contributed by atoms with E-state index in [0.29, 0.717) is 0 Å². The van der Waals surface area contributed by atoms with Crippen molar-refractivity contribution in [3.8, 4) is 11.1 Å². The maximum atomic E-state index is 3.90. The zero-order chi connectivity index (χ0) is 17.8. The summed E-state index contributed by atoms with van der Waals surface area (Å²) in [4.78, 5) is 2.45. The molecule has 0 saturated heterocycles. The second-order valence-corrected chi connectivity index (χ2v) is 7.11. The van der Waals surface area contributed by atoms with Gasteiger partial charge in [-0.05, 0) is 35.4 Å². The highest BCUT2D eigenvalue weighted by Gasteiger charge is 2.52. The average Bonchev–Trinajstić information content (AvgIpc) is 3.23. The molecule has 0 radical (unpaired) electrons. The topological polar surface area (TPSA) is 15.3 Å². The summed E-state index contributed by atoms with van der Waals surface area (Å²) in [7, 11) is 0. The van der Waals surface area contributed by atoms with Crippen molar-refractivity contribution in [1.29, 1.82) is 0 Å². The van der Waals surface area contributed by atoms with E-state index in [1.54, 1.807) is 0 Å². The number of hydrogen-bond acceptors (Lipinski definition) is 2. The van der Waals surface area contributed by atoms with Gasteiger partial charge in [0.15, 0.2) is 5.66 Å². The molecule has 2 aliphatic rings. The molecule has 128 valence electrons. The molecule has 1 N–H and O–H groups in total. The summed E-state index contributed by atoms with van der Waals surface area (Å²) in [6.45, 7) is 0. The van der Waals surface area contributed by atoms with Crippen molar-refractivity contribution < 1.29 is 0 Å². The molecule has 2 nitrogen and oxygen atoms in total. The lowest BCUT2D eigenvalue weighted by Gasteiger charge is -2.39. The van der Waals surface area contributed by atoms with Crippen molar-refractivity contribution in [2.45, 2.75) is 5.66 Å². The van der Waals surface area contributed by atoms with Crippen LogP contribution in [0.5, 0.6) is 0 Å². The largest absolute Gasteiger partial charge is 0.353 e. The number of nitrogens with zero attached hydrogens (tertiary/aromatic N) is 1. The Morgan fingerprint density at radius 2 is 1.11 bits per heavy atom. The minimum Gasteiger partial charge on any atom is -0.353 e. The van der Waals surface area contributed by atoms with Gasteiger partial charge in [0.25, 0.3) is 0 Å². The smallest absolute Gasteiger partial charge is 0.169 e. The fourth-order valence-electron chi connectivity index (χ4n) is 4.70. The zero-order valence-corrected chi connectivity index (χ0v) is 14.8. The molecule has 0 atom stereocenters. The Bertz CT molecular complexity index is 1120. The van der Waals surface area contributed by atoms with E-state index in [1.165, 1.54) is 33.6 Å². The Balaban J connectivity index is 1.73. The summed E-state index contributed by atoms with van der Waals surface area (Å²) in [5.41, 5.74) is 8.31. The number of para-hydroxylation sites is 3. The van der Waals surface area contributed by atoms with Crippen molar-refractivity contribution in [2.75, 3.05) is 10.2 Å². The molecule has 2 heteroatoms. The van der Waals surface area contributed by atoms with E-state index < -0.39 is 5.66 Å². The monoisotopic (exact) mass is 346 g/mol. The quantitative estimate of drug-likeness (QED) is 0.446. The van der Waals surface area contributed by atoms with Gasteiger partial charge in [0.05, 0.1) is 11.4 Å². The van der Waals surface area contributed by atoms with Crippen LogP contribution in [0, 0.1) is 0 Å². The van der Waals surface area contributed by atoms with Gasteiger partial charge in [-0.2, -0.15) is 0 Å². The molecule has 1 aliphatic heterocycles. The van der Waals surface area contributed by atoms with Crippen LogP contribution in [0.3, 0.4) is 0 Å². The van der Waals surface area contributed by atoms with Gasteiger partial charge >= 0.3 is 0 Å². The number of hydrogen-bond donors (Lipinski definition) is 1. The van der Waals surface area contributed by atoms with Crippen molar-refractivity contribution >= 4 is 17.1 Å². The van der Waals surface area contributed by atoms with Gasteiger partial charge in [-0.25, -0.2) is 0 Å². The number of benzene rings is 4. The Kier molecular flexibility index (Phi) is 2.84. The van der Waals surface area contributed by atoms with Crippen LogP contribution in [0.2, 0.25) is 0 Å². The van der Waals surface area contributed by atoms with Crippen molar-refractivity contribution in [1.82, 2.24) is 0 Å². The van der Waals surface area contributed by atoms with E-state index in [9.17, 15) is 0 Å². The molecule has 1 heterocycles. The summed E-state index contributed by atoms with van der Waals surface area (Å²) in [5, 5.41) is 3.90. The van der Waals surface area contributed by atoms with Crippen LogP contribution in [0.4, 0.5) is 17.1 Å². The second kappa shape index (κ2) is 5.24. The van der Waals surface area contributed by atoms with Crippen LogP contribution < -0.4 is 10.2 Å². The van der Waals surface area contributed by atoms with Gasteiger partial charge in [0, 0.05) is 16.8 Å². The van der Waals surface area contributed by atoms with E-state index in [-0.39, 0.29) is 0 Å². The number of nitrogens with one attached hydrogen (secondary N) is 1. The van der Waals surface area contributed by atoms with Crippen molar-refractivity contribution in [3.05, 3.63) is 114 Å². The van der Waals surface area contributed by atoms with Gasteiger partial charge in [-0.3, -0.25) is 0 Å². The maximum Gasteiger partial charge on any atom is 0.169 e. The SMILES string of the molecule is c1ccc(N2c3ccccc3NC23c2ccccc2-c2ccccc23)cc1. The third kappa shape index (κ3) is 1.79. The van der Waals surface area contributed by atoms with Crippen LogP contribution in [0.25, 0.3) is 11.1 Å². The standard InChI is InChI=1S/C25H18N2/c1-2-10-18(11-3-1)27-24-17-9-8-16-23(24)26-25(27)21-14-6-4-12-19(21)20-13-5-7-15-22(20)25/h1-17,26H. The highest BCUT2D eigenvalue weighted by Crippen LogP contribution is 2.58. The number of fused-ring (bicyclic) bond motifs is 6. The van der Waals surface area contributed by atoms with Gasteiger partial charge < -0.3 is 10.2 Å². The van der Waals surface area contributed by atoms with E-state index in [0.717, 1.165) is 5.69 Å². The van der Waals surface area contributed by atoms with E-state index in [1.807, 2.05) is 0 Å². The molecule has 1 aliphatic carbocycles. The van der Waals surface area contributed by atoms with Gasteiger partial charge in [0.1, 0.15) is 0 Å². The summed E-state index contributed by atoms with van der Waals surface area (Å²) in [5.74, 6) is 0. The first-order chi connectivity index (χ1) is 13.4. The fourth-order valence-corrected chi connectivity index (χ4v) is 4.70. The molecular formula is C25H18N2. The minimum atomic E-state index is -0.432. The first kappa shape index (κ1) is 14.6. The molecule has 4 aromatic rings. The number of rotatable bonds is 1. The van der Waals surface area contributed by atoms with E-state index in [2.05, 4.69) is 113 Å². The normalized spacial score (nSPS) is 15.2. The Hall–Kier alpha value is -3.52. The van der Waals surface area contributed by atoms with Gasteiger partial charge in [0.2, 0.25) is 0 Å². The maximum absolute atomic E-state index is 3.90. The van der Waals surface area contributed by atoms with Crippen LogP contribution in [0.15, 0.2) is 103 Å². The van der Waals surface area contributed by atoms with Gasteiger partial charge in [-0.1, -0.05) is 78.9 Å². The molecule has 6 rings (SSSR count). The first-order valence-corrected chi connectivity index (χ1v) is 9.31. The Labute approximate surface area is 158 Å². The van der Waals surface area contributed by atoms with E-state index >= 15 is 0 Å². The van der Waals surface area contributed by atoms with Crippen LogP contribution in [-0.2, 0) is 5.66 Å². The molecule has 1 spiro atoms. The molecule has 0 aromatic heterocycles. The predicted octanol–water partition coefficient (Wildman–Crippen LogP) is 6.13. The summed E-state index contributed by atoms with van der Waals surface area (Å²) in [6.07, 6.45) is 0. The van der Waals surface area contributed by atoms with Crippen LogP contribution in [-0.4, -0.2) is 0 Å². The lowest BCUT2D eigenvalue weighted by atomic mass is 9.95. The molecule has 27 heavy (non-hydrogen) atoms. The summed E-state index contributed by atoms with van der Waals surface area (Å²) < 4.78 is 0. The second-order valence-electron chi connectivity index (χ2n) is 7.11. The zero-order valence-electron chi connectivity index (χ0n) is 14.8. The molecular weight excluding hydrogens is 328 g/mol. The number of anilines is 3. The van der Waals surface area contributed by atoms with Crippen LogP contribution >= 0.6 is 0 Å². The van der Waals surface area contributed by atoms with E-state index in [4.69, 9.17) is 0 Å². The van der Waals surface area contributed by atoms with Crippen molar-refractivity contribution in [2.24, 2.45) is 0 Å². The van der Waals surface area contributed by atoms with Crippen LogP contribution in [0.1, 0.15) is 11.1 Å². The summed E-state index contributed by atoms with van der Waals surface area (Å²) >= 11 is 0. The average molecular weight is 346 g/mol. The van der Waals surface area contributed by atoms with Gasteiger partial charge in [-0.15, -0.1) is 0 Å². The molecule has 0 amide bonds. The predicted molar refractivity (Wildman–Crippen MR) is 111 cm³/mol. The minimum absolute atomic E-state index is 0.432. The molecule has 0 saturated carbocycles. The Morgan fingerprint density at radius 1 is 0.556 bits per heavy atom. The first-order valence-electron chi connectivity index (χ1n) is 9.31. The molecule has 0 bridgehead atoms. The lowest BCUT2D eigenvalue weighted by Crippen LogP contribution is -2.45. The molecule has 0 fully saturated rings. The van der Waals surface area contributed by atoms with Crippen molar-refractivity contribution in [3.63, 3.8) is 0 Å². The highest BCUT2D eigenvalue weighted by atomic mass is 15.4. The fraction of sp³-hybridized carbons (Fsp3) is 0.0400. The molecule has 4 aromatic carbocycles. The third-order valence-corrected chi connectivity index (χ3v) is 5.73. The third-order valence-electron chi connectivity index (χ3n) is 5.73. The Morgan fingerprint density at radius 3 is 1.81 bits per heavy atom. The lowest BCUT2D eigenvalue weighted by molar-refractivity contribution is 0.642. The highest BCUT2D eigenvalue weighted by molar-refractivity contribution is 5.94.